The molecule has 0 bridgehead atoms. The molecule has 2 aromatic heterocycles. The van der Waals surface area contributed by atoms with Crippen molar-refractivity contribution in [3.63, 3.8) is 0 Å². The summed E-state index contributed by atoms with van der Waals surface area (Å²) in [5.41, 5.74) is 4.41. The highest BCUT2D eigenvalue weighted by Gasteiger charge is 2.22. The van der Waals surface area contributed by atoms with Crippen LogP contribution in [-0.4, -0.2) is 27.7 Å². The van der Waals surface area contributed by atoms with Crippen LogP contribution in [0.3, 0.4) is 0 Å². The van der Waals surface area contributed by atoms with Crippen LogP contribution in [0.2, 0.25) is 0 Å². The van der Waals surface area contributed by atoms with E-state index in [2.05, 4.69) is 0 Å². The number of pyridine rings is 1. The molecule has 1 aliphatic rings. The Morgan fingerprint density at radius 3 is 2.75 bits per heavy atom. The van der Waals surface area contributed by atoms with Crippen molar-refractivity contribution in [3.05, 3.63) is 47.8 Å². The number of aliphatic hydroxyl groups is 1. The molecule has 124 valence electrons. The molecule has 5 heteroatoms. The van der Waals surface area contributed by atoms with Gasteiger partial charge in [-0.05, 0) is 43.7 Å². The molecule has 0 radical (unpaired) electrons. The summed E-state index contributed by atoms with van der Waals surface area (Å²) in [6.45, 7) is 5.11. The van der Waals surface area contributed by atoms with Crippen LogP contribution in [0.5, 0.6) is 11.5 Å². The summed E-state index contributed by atoms with van der Waals surface area (Å²) in [7, 11) is 0. The second-order valence-electron chi connectivity index (χ2n) is 5.99. The molecule has 0 aliphatic carbocycles. The van der Waals surface area contributed by atoms with Gasteiger partial charge in [0.1, 0.15) is 18.9 Å². The van der Waals surface area contributed by atoms with Gasteiger partial charge in [0.05, 0.1) is 17.5 Å². The van der Waals surface area contributed by atoms with Gasteiger partial charge in [-0.25, -0.2) is 4.98 Å². The first-order valence-corrected chi connectivity index (χ1v) is 8.25. The lowest BCUT2D eigenvalue weighted by Crippen LogP contribution is -2.15. The number of hydrogen-bond acceptors (Lipinski definition) is 4. The number of aliphatic hydroxyl groups excluding tert-OH is 1. The quantitative estimate of drug-likeness (QED) is 0.801. The van der Waals surface area contributed by atoms with Crippen LogP contribution in [0.4, 0.5) is 0 Å². The summed E-state index contributed by atoms with van der Waals surface area (Å²) in [6, 6.07) is 11.8. The van der Waals surface area contributed by atoms with E-state index in [9.17, 15) is 5.11 Å². The monoisotopic (exact) mass is 324 g/mol. The van der Waals surface area contributed by atoms with E-state index in [1.807, 2.05) is 54.6 Å². The minimum absolute atomic E-state index is 0.547. The summed E-state index contributed by atoms with van der Waals surface area (Å²) in [5, 5.41) is 10.6. The molecule has 1 aliphatic heterocycles. The molecule has 0 saturated carbocycles. The standard InChI is InChI=1S/C19H20N2O3/c1-3-14(22)19-18(20-17-6-4-5-12(2)21(17)19)13-7-8-15-16(11-13)24-10-9-23-15/h4-8,11,14,22H,3,9-10H2,1-2H3. The average Bonchev–Trinajstić information content (AvgIpc) is 3.01. The number of benzene rings is 1. The van der Waals surface area contributed by atoms with Crippen molar-refractivity contribution >= 4 is 5.65 Å². The SMILES string of the molecule is CCC(O)c1c(-c2ccc3c(c2)OCCO3)nc2cccc(C)n12. The van der Waals surface area contributed by atoms with E-state index >= 15 is 0 Å². The smallest absolute Gasteiger partial charge is 0.162 e. The molecule has 1 aromatic carbocycles. The highest BCUT2D eigenvalue weighted by Crippen LogP contribution is 2.37. The highest BCUT2D eigenvalue weighted by atomic mass is 16.6. The Bertz CT molecular complexity index is 901. The highest BCUT2D eigenvalue weighted by molar-refractivity contribution is 5.70. The number of rotatable bonds is 3. The zero-order valence-electron chi connectivity index (χ0n) is 13.8. The van der Waals surface area contributed by atoms with E-state index in [4.69, 9.17) is 14.5 Å². The predicted octanol–water partition coefficient (Wildman–Crippen LogP) is 3.52. The normalized spacial score (nSPS) is 14.8. The third-order valence-electron chi connectivity index (χ3n) is 4.39. The van der Waals surface area contributed by atoms with Crippen LogP contribution in [0.1, 0.15) is 30.8 Å². The fraction of sp³-hybridized carbons (Fsp3) is 0.316. The molecule has 3 aromatic rings. The van der Waals surface area contributed by atoms with Crippen molar-refractivity contribution in [1.29, 1.82) is 0 Å². The van der Waals surface area contributed by atoms with Crippen molar-refractivity contribution in [3.8, 4) is 22.8 Å². The maximum Gasteiger partial charge on any atom is 0.162 e. The van der Waals surface area contributed by atoms with Gasteiger partial charge in [-0.15, -0.1) is 0 Å². The molecule has 1 unspecified atom stereocenters. The number of ether oxygens (including phenoxy) is 2. The van der Waals surface area contributed by atoms with Gasteiger partial charge in [0.25, 0.3) is 0 Å². The van der Waals surface area contributed by atoms with Crippen LogP contribution in [0.15, 0.2) is 36.4 Å². The number of fused-ring (bicyclic) bond motifs is 2. The van der Waals surface area contributed by atoms with Gasteiger partial charge in [0.15, 0.2) is 11.5 Å². The summed E-state index contributed by atoms with van der Waals surface area (Å²) in [4.78, 5) is 4.77. The van der Waals surface area contributed by atoms with Gasteiger partial charge in [-0.2, -0.15) is 0 Å². The minimum atomic E-state index is -0.579. The Hall–Kier alpha value is -2.53. The zero-order valence-corrected chi connectivity index (χ0v) is 13.8. The Kier molecular flexibility index (Phi) is 3.65. The van der Waals surface area contributed by atoms with Crippen molar-refractivity contribution < 1.29 is 14.6 Å². The molecule has 0 amide bonds. The zero-order chi connectivity index (χ0) is 16.7. The molecule has 4 rings (SSSR count). The molecule has 1 N–H and O–H groups in total. The maximum absolute atomic E-state index is 10.6. The number of aromatic nitrogens is 2. The molecule has 5 nitrogen and oxygen atoms in total. The fourth-order valence-electron chi connectivity index (χ4n) is 3.18. The van der Waals surface area contributed by atoms with E-state index in [0.717, 1.165) is 39.8 Å². The maximum atomic E-state index is 10.6. The van der Waals surface area contributed by atoms with Crippen LogP contribution >= 0.6 is 0 Å². The van der Waals surface area contributed by atoms with E-state index in [-0.39, 0.29) is 0 Å². The van der Waals surface area contributed by atoms with Crippen molar-refractivity contribution in [1.82, 2.24) is 9.38 Å². The van der Waals surface area contributed by atoms with E-state index < -0.39 is 6.10 Å². The number of hydrogen-bond donors (Lipinski definition) is 1. The lowest BCUT2D eigenvalue weighted by atomic mass is 10.0. The summed E-state index contributed by atoms with van der Waals surface area (Å²) in [5.74, 6) is 1.48. The third kappa shape index (κ3) is 2.32. The molecule has 0 fully saturated rings. The third-order valence-corrected chi connectivity index (χ3v) is 4.39. The molecule has 1 atom stereocenters. The van der Waals surface area contributed by atoms with Crippen molar-refractivity contribution in [2.75, 3.05) is 13.2 Å². The molecule has 0 spiro atoms. The van der Waals surface area contributed by atoms with E-state index in [1.165, 1.54) is 0 Å². The Balaban J connectivity index is 1.94. The molecule has 3 heterocycles. The summed E-state index contributed by atoms with van der Waals surface area (Å²) >= 11 is 0. The summed E-state index contributed by atoms with van der Waals surface area (Å²) in [6.07, 6.45) is 0.0453. The lowest BCUT2D eigenvalue weighted by Gasteiger charge is -2.19. The molecular weight excluding hydrogens is 304 g/mol. The molecule has 0 saturated heterocycles. The molecular formula is C19H20N2O3. The van der Waals surface area contributed by atoms with E-state index in [0.29, 0.717) is 19.6 Å². The first kappa shape index (κ1) is 15.0. The van der Waals surface area contributed by atoms with Crippen LogP contribution < -0.4 is 9.47 Å². The van der Waals surface area contributed by atoms with Crippen LogP contribution in [0.25, 0.3) is 16.9 Å². The Labute approximate surface area is 140 Å². The van der Waals surface area contributed by atoms with Crippen molar-refractivity contribution in [2.24, 2.45) is 0 Å². The van der Waals surface area contributed by atoms with Gasteiger partial charge < -0.3 is 14.6 Å². The van der Waals surface area contributed by atoms with E-state index in [1.54, 1.807) is 0 Å². The van der Waals surface area contributed by atoms with Crippen LogP contribution in [0, 0.1) is 6.92 Å². The first-order valence-electron chi connectivity index (χ1n) is 8.25. The predicted molar refractivity (Wildman–Crippen MR) is 91.6 cm³/mol. The van der Waals surface area contributed by atoms with Gasteiger partial charge in [-0.3, -0.25) is 4.40 Å². The number of nitrogens with zero attached hydrogens (tertiary/aromatic N) is 2. The van der Waals surface area contributed by atoms with Gasteiger partial charge in [-0.1, -0.05) is 13.0 Å². The molecule has 24 heavy (non-hydrogen) atoms. The fourth-order valence-corrected chi connectivity index (χ4v) is 3.18. The van der Waals surface area contributed by atoms with Gasteiger partial charge in [0, 0.05) is 11.3 Å². The Morgan fingerprint density at radius 1 is 1.17 bits per heavy atom. The van der Waals surface area contributed by atoms with Gasteiger partial charge >= 0.3 is 0 Å². The topological polar surface area (TPSA) is 56.0 Å². The Morgan fingerprint density at radius 2 is 1.96 bits per heavy atom. The number of imidazole rings is 1. The average molecular weight is 324 g/mol. The summed E-state index contributed by atoms with van der Waals surface area (Å²) < 4.78 is 13.3. The largest absolute Gasteiger partial charge is 0.486 e. The van der Waals surface area contributed by atoms with Crippen LogP contribution in [-0.2, 0) is 0 Å². The van der Waals surface area contributed by atoms with Crippen molar-refractivity contribution in [2.45, 2.75) is 26.4 Å². The second kappa shape index (κ2) is 5.83. The minimum Gasteiger partial charge on any atom is -0.486 e. The lowest BCUT2D eigenvalue weighted by molar-refractivity contribution is 0.168. The first-order chi connectivity index (χ1) is 11.7. The number of aryl methyl sites for hydroxylation is 1. The second-order valence-corrected chi connectivity index (χ2v) is 5.99. The van der Waals surface area contributed by atoms with Gasteiger partial charge in [0.2, 0.25) is 0 Å².